The number of carbonyl (C=O) groups excluding carboxylic acids is 1. The Bertz CT molecular complexity index is 624. The van der Waals surface area contributed by atoms with Crippen LogP contribution in [0.25, 0.3) is 0 Å². The molecule has 1 N–H and O–H groups in total. The summed E-state index contributed by atoms with van der Waals surface area (Å²) in [6, 6.07) is 10.2. The van der Waals surface area contributed by atoms with E-state index < -0.39 is 0 Å². The highest BCUT2D eigenvalue weighted by Gasteiger charge is 2.32. The molecule has 4 rings (SSSR count). The van der Waals surface area contributed by atoms with Gasteiger partial charge < -0.3 is 10.2 Å². The third-order valence-electron chi connectivity index (χ3n) is 6.99. The molecule has 0 bridgehead atoms. The number of piperidine rings is 2. The van der Waals surface area contributed by atoms with Crippen molar-refractivity contribution in [1.29, 1.82) is 0 Å². The van der Waals surface area contributed by atoms with E-state index in [1.165, 1.54) is 62.7 Å². The number of hydrogen-bond acceptors (Lipinski definition) is 3. The van der Waals surface area contributed by atoms with E-state index in [2.05, 4.69) is 46.3 Å². The molecule has 154 valence electrons. The van der Waals surface area contributed by atoms with Gasteiger partial charge in [-0.15, -0.1) is 0 Å². The fraction of sp³-hybridized carbons (Fsp3) is 0.708. The van der Waals surface area contributed by atoms with Crippen LogP contribution in [0.5, 0.6) is 0 Å². The predicted molar refractivity (Wildman–Crippen MR) is 114 cm³/mol. The first-order chi connectivity index (χ1) is 13.7. The molecule has 0 atom stereocenters. The number of benzene rings is 1. The molecule has 0 radical (unpaired) electrons. The van der Waals surface area contributed by atoms with Crippen molar-refractivity contribution in [1.82, 2.24) is 15.1 Å². The first-order valence-corrected chi connectivity index (χ1v) is 11.5. The van der Waals surface area contributed by atoms with Crippen LogP contribution in [-0.2, 0) is 11.2 Å². The summed E-state index contributed by atoms with van der Waals surface area (Å²) >= 11 is 0. The van der Waals surface area contributed by atoms with Crippen molar-refractivity contribution in [2.24, 2.45) is 5.92 Å². The Hall–Kier alpha value is -1.39. The summed E-state index contributed by atoms with van der Waals surface area (Å²) in [6.07, 6.45) is 9.97. The van der Waals surface area contributed by atoms with Gasteiger partial charge in [-0.3, -0.25) is 9.69 Å². The summed E-state index contributed by atoms with van der Waals surface area (Å²) in [5, 5.41) is 3.30. The number of hydrogen-bond donors (Lipinski definition) is 1. The lowest BCUT2D eigenvalue weighted by Crippen LogP contribution is -2.48. The van der Waals surface area contributed by atoms with Crippen LogP contribution >= 0.6 is 0 Å². The second-order valence-electron chi connectivity index (χ2n) is 9.35. The molecule has 4 nitrogen and oxygen atoms in total. The minimum atomic E-state index is 0.239. The zero-order valence-corrected chi connectivity index (χ0v) is 17.5. The molecule has 3 fully saturated rings. The molecule has 28 heavy (non-hydrogen) atoms. The maximum absolute atomic E-state index is 12.5. The van der Waals surface area contributed by atoms with E-state index in [0.717, 1.165) is 37.9 Å². The highest BCUT2D eigenvalue weighted by Crippen LogP contribution is 2.29. The standard InChI is InChI=1S/C24H37N3O/c1-19-2-4-20(5-3-19)6-7-21-10-14-26(15-11-21)18-24(28)25-22-12-16-27(17-13-22)23-8-9-23/h2-5,21-23H,6-18H2,1H3,(H,25,28). The van der Waals surface area contributed by atoms with Gasteiger partial charge in [0.15, 0.2) is 0 Å². The average Bonchev–Trinajstić information content (AvgIpc) is 3.55. The molecule has 4 heteroatoms. The SMILES string of the molecule is Cc1ccc(CCC2CCN(CC(=O)NC3CCN(C4CC4)CC3)CC2)cc1. The van der Waals surface area contributed by atoms with Gasteiger partial charge in [-0.05, 0) is 82.9 Å². The van der Waals surface area contributed by atoms with E-state index in [1.807, 2.05) is 0 Å². The first-order valence-electron chi connectivity index (χ1n) is 11.5. The molecular formula is C24H37N3O. The largest absolute Gasteiger partial charge is 0.352 e. The van der Waals surface area contributed by atoms with Crippen molar-refractivity contribution >= 4 is 5.91 Å². The zero-order chi connectivity index (χ0) is 19.3. The van der Waals surface area contributed by atoms with Gasteiger partial charge in [0.25, 0.3) is 0 Å². The number of likely N-dealkylation sites (tertiary alicyclic amines) is 2. The van der Waals surface area contributed by atoms with E-state index in [4.69, 9.17) is 0 Å². The maximum atomic E-state index is 12.5. The number of amides is 1. The molecule has 1 saturated carbocycles. The summed E-state index contributed by atoms with van der Waals surface area (Å²) in [6.45, 7) is 7.22. The maximum Gasteiger partial charge on any atom is 0.234 e. The van der Waals surface area contributed by atoms with Gasteiger partial charge in [0.2, 0.25) is 5.91 Å². The van der Waals surface area contributed by atoms with Gasteiger partial charge in [-0.2, -0.15) is 0 Å². The molecule has 1 aromatic carbocycles. The molecule has 2 aliphatic heterocycles. The van der Waals surface area contributed by atoms with Crippen molar-refractivity contribution < 1.29 is 4.79 Å². The quantitative estimate of drug-likeness (QED) is 0.784. The Morgan fingerprint density at radius 3 is 2.29 bits per heavy atom. The molecule has 2 saturated heterocycles. The van der Waals surface area contributed by atoms with Crippen LogP contribution in [0, 0.1) is 12.8 Å². The number of aryl methyl sites for hydroxylation is 2. The average molecular weight is 384 g/mol. The molecule has 3 aliphatic rings. The fourth-order valence-electron chi connectivity index (χ4n) is 4.88. The second kappa shape index (κ2) is 9.41. The lowest BCUT2D eigenvalue weighted by Gasteiger charge is -2.34. The van der Waals surface area contributed by atoms with Crippen LogP contribution in [-0.4, -0.2) is 60.5 Å². The molecule has 1 aromatic rings. The molecule has 1 amide bonds. The Kier molecular flexibility index (Phi) is 6.69. The highest BCUT2D eigenvalue weighted by atomic mass is 16.2. The van der Waals surface area contributed by atoms with Gasteiger partial charge in [0.1, 0.15) is 0 Å². The van der Waals surface area contributed by atoms with Crippen LogP contribution < -0.4 is 5.32 Å². The van der Waals surface area contributed by atoms with E-state index in [-0.39, 0.29) is 5.91 Å². The van der Waals surface area contributed by atoms with Crippen molar-refractivity contribution in [3.05, 3.63) is 35.4 Å². The Balaban J connectivity index is 1.10. The smallest absolute Gasteiger partial charge is 0.234 e. The Labute approximate surface area is 170 Å². The molecular weight excluding hydrogens is 346 g/mol. The highest BCUT2D eigenvalue weighted by molar-refractivity contribution is 5.78. The number of carbonyl (C=O) groups is 1. The summed E-state index contributed by atoms with van der Waals surface area (Å²) in [5.41, 5.74) is 2.80. The van der Waals surface area contributed by atoms with Crippen LogP contribution in [0.1, 0.15) is 56.1 Å². The van der Waals surface area contributed by atoms with Gasteiger partial charge >= 0.3 is 0 Å². The minimum absolute atomic E-state index is 0.239. The first kappa shape index (κ1) is 19.9. The van der Waals surface area contributed by atoms with E-state index in [1.54, 1.807) is 0 Å². The van der Waals surface area contributed by atoms with Crippen molar-refractivity contribution in [2.75, 3.05) is 32.7 Å². The molecule has 0 aromatic heterocycles. The van der Waals surface area contributed by atoms with Gasteiger partial charge in [-0.1, -0.05) is 29.8 Å². The monoisotopic (exact) mass is 383 g/mol. The van der Waals surface area contributed by atoms with E-state index in [9.17, 15) is 4.79 Å². The van der Waals surface area contributed by atoms with Crippen molar-refractivity contribution in [3.8, 4) is 0 Å². The number of nitrogens with one attached hydrogen (secondary N) is 1. The lowest BCUT2D eigenvalue weighted by atomic mass is 9.90. The zero-order valence-electron chi connectivity index (χ0n) is 17.5. The second-order valence-corrected chi connectivity index (χ2v) is 9.35. The van der Waals surface area contributed by atoms with Crippen molar-refractivity contribution in [2.45, 2.75) is 70.4 Å². The summed E-state index contributed by atoms with van der Waals surface area (Å²) in [4.78, 5) is 17.4. The summed E-state index contributed by atoms with van der Waals surface area (Å²) in [7, 11) is 0. The topological polar surface area (TPSA) is 35.6 Å². The fourth-order valence-corrected chi connectivity index (χ4v) is 4.88. The third kappa shape index (κ3) is 5.81. The Morgan fingerprint density at radius 2 is 1.64 bits per heavy atom. The van der Waals surface area contributed by atoms with Crippen LogP contribution in [0.15, 0.2) is 24.3 Å². The van der Waals surface area contributed by atoms with Crippen molar-refractivity contribution in [3.63, 3.8) is 0 Å². The normalized spacial score (nSPS) is 23.0. The van der Waals surface area contributed by atoms with E-state index >= 15 is 0 Å². The van der Waals surface area contributed by atoms with E-state index in [0.29, 0.717) is 12.6 Å². The lowest BCUT2D eigenvalue weighted by molar-refractivity contribution is -0.123. The van der Waals surface area contributed by atoms with Gasteiger partial charge in [0, 0.05) is 25.2 Å². The summed E-state index contributed by atoms with van der Waals surface area (Å²) in [5.74, 6) is 1.05. The van der Waals surface area contributed by atoms with Gasteiger partial charge in [0.05, 0.1) is 6.54 Å². The van der Waals surface area contributed by atoms with Crippen LogP contribution in [0.4, 0.5) is 0 Å². The minimum Gasteiger partial charge on any atom is -0.352 e. The van der Waals surface area contributed by atoms with Crippen LogP contribution in [0.2, 0.25) is 0 Å². The predicted octanol–water partition coefficient (Wildman–Crippen LogP) is 3.38. The molecule has 2 heterocycles. The Morgan fingerprint density at radius 1 is 0.964 bits per heavy atom. The molecule has 1 aliphatic carbocycles. The summed E-state index contributed by atoms with van der Waals surface area (Å²) < 4.78 is 0. The molecule has 0 spiro atoms. The van der Waals surface area contributed by atoms with Crippen LogP contribution in [0.3, 0.4) is 0 Å². The molecule has 0 unspecified atom stereocenters. The number of rotatable bonds is 7. The number of nitrogens with zero attached hydrogens (tertiary/aromatic N) is 2. The van der Waals surface area contributed by atoms with Gasteiger partial charge in [-0.25, -0.2) is 0 Å². The third-order valence-corrected chi connectivity index (χ3v) is 6.99.